The first-order valence-corrected chi connectivity index (χ1v) is 10.7. The number of anilines is 2. The van der Waals surface area contributed by atoms with Crippen molar-refractivity contribution in [3.05, 3.63) is 52.5 Å². The van der Waals surface area contributed by atoms with Crippen LogP contribution in [0.3, 0.4) is 0 Å². The molecule has 0 saturated carbocycles. The van der Waals surface area contributed by atoms with Crippen LogP contribution < -0.4 is 15.5 Å². The van der Waals surface area contributed by atoms with Crippen LogP contribution in [0.4, 0.5) is 11.7 Å². The number of carbonyl (C=O) groups is 2. The van der Waals surface area contributed by atoms with Crippen LogP contribution in [0.1, 0.15) is 18.4 Å². The summed E-state index contributed by atoms with van der Waals surface area (Å²) in [4.78, 5) is 31.3. The predicted molar refractivity (Wildman–Crippen MR) is 119 cm³/mol. The van der Waals surface area contributed by atoms with Crippen molar-refractivity contribution in [3.8, 4) is 0 Å². The van der Waals surface area contributed by atoms with Gasteiger partial charge in [-0.15, -0.1) is 0 Å². The third-order valence-electron chi connectivity index (χ3n) is 5.30. The SMILES string of the molecule is Cc1cc(Br)ccc1NC(=O)CNC(=O)C1CCN(c2nc3ccccc3o2)CC1. The molecule has 156 valence electrons. The minimum Gasteiger partial charge on any atom is -0.423 e. The van der Waals surface area contributed by atoms with E-state index in [-0.39, 0.29) is 24.3 Å². The fourth-order valence-corrected chi connectivity index (χ4v) is 4.08. The van der Waals surface area contributed by atoms with Gasteiger partial charge in [-0.05, 0) is 55.7 Å². The van der Waals surface area contributed by atoms with Crippen molar-refractivity contribution < 1.29 is 14.0 Å². The number of rotatable bonds is 5. The summed E-state index contributed by atoms with van der Waals surface area (Å²) in [6.45, 7) is 3.26. The van der Waals surface area contributed by atoms with E-state index in [1.165, 1.54) is 0 Å². The van der Waals surface area contributed by atoms with Gasteiger partial charge in [-0.2, -0.15) is 4.98 Å². The summed E-state index contributed by atoms with van der Waals surface area (Å²) in [6, 6.07) is 13.9. The molecule has 2 aromatic carbocycles. The number of aryl methyl sites for hydroxylation is 1. The summed E-state index contributed by atoms with van der Waals surface area (Å²) in [5.41, 5.74) is 3.29. The Morgan fingerprint density at radius 2 is 1.97 bits per heavy atom. The van der Waals surface area contributed by atoms with Gasteiger partial charge >= 0.3 is 0 Å². The number of aromatic nitrogens is 1. The molecule has 0 bridgehead atoms. The number of carbonyl (C=O) groups excluding carboxylic acids is 2. The quantitative estimate of drug-likeness (QED) is 0.590. The second-order valence-electron chi connectivity index (χ2n) is 7.45. The molecule has 0 unspecified atom stereocenters. The Morgan fingerprint density at radius 3 is 2.70 bits per heavy atom. The lowest BCUT2D eigenvalue weighted by Crippen LogP contribution is -2.42. The molecule has 1 fully saturated rings. The lowest BCUT2D eigenvalue weighted by atomic mass is 9.96. The molecule has 1 aromatic heterocycles. The number of amides is 2. The summed E-state index contributed by atoms with van der Waals surface area (Å²) in [5, 5.41) is 5.60. The van der Waals surface area contributed by atoms with E-state index in [1.54, 1.807) is 0 Å². The molecule has 0 radical (unpaired) electrons. The van der Waals surface area contributed by atoms with E-state index in [4.69, 9.17) is 4.42 Å². The van der Waals surface area contributed by atoms with E-state index >= 15 is 0 Å². The molecular weight excluding hydrogens is 448 g/mol. The zero-order valence-corrected chi connectivity index (χ0v) is 18.2. The monoisotopic (exact) mass is 470 g/mol. The van der Waals surface area contributed by atoms with E-state index in [2.05, 4.69) is 36.4 Å². The van der Waals surface area contributed by atoms with Crippen molar-refractivity contribution in [1.29, 1.82) is 0 Å². The number of nitrogens with zero attached hydrogens (tertiary/aromatic N) is 2. The zero-order chi connectivity index (χ0) is 21.1. The third kappa shape index (κ3) is 4.64. The summed E-state index contributed by atoms with van der Waals surface area (Å²) >= 11 is 3.40. The molecule has 4 rings (SSSR count). The van der Waals surface area contributed by atoms with Crippen LogP contribution in [0.25, 0.3) is 11.1 Å². The molecule has 30 heavy (non-hydrogen) atoms. The van der Waals surface area contributed by atoms with Crippen LogP contribution in [0.2, 0.25) is 0 Å². The molecule has 3 aromatic rings. The topological polar surface area (TPSA) is 87.5 Å². The van der Waals surface area contributed by atoms with Crippen LogP contribution in [0.15, 0.2) is 51.4 Å². The molecule has 0 atom stereocenters. The smallest absolute Gasteiger partial charge is 0.298 e. The van der Waals surface area contributed by atoms with E-state index in [0.717, 1.165) is 26.8 Å². The summed E-state index contributed by atoms with van der Waals surface area (Å²) in [7, 11) is 0. The van der Waals surface area contributed by atoms with Crippen molar-refractivity contribution in [2.45, 2.75) is 19.8 Å². The fraction of sp³-hybridized carbons (Fsp3) is 0.318. The molecule has 0 spiro atoms. The average Bonchev–Trinajstić information content (AvgIpc) is 3.18. The van der Waals surface area contributed by atoms with Gasteiger partial charge < -0.3 is 20.0 Å². The molecule has 0 aliphatic carbocycles. The first-order chi connectivity index (χ1) is 14.5. The number of nitrogens with one attached hydrogen (secondary N) is 2. The Balaban J connectivity index is 1.25. The maximum atomic E-state index is 12.5. The van der Waals surface area contributed by atoms with Gasteiger partial charge in [0, 0.05) is 29.2 Å². The van der Waals surface area contributed by atoms with Crippen molar-refractivity contribution >= 4 is 50.5 Å². The molecule has 2 N–H and O–H groups in total. The van der Waals surface area contributed by atoms with Gasteiger partial charge in [0.25, 0.3) is 6.01 Å². The number of halogens is 1. The number of piperidine rings is 1. The van der Waals surface area contributed by atoms with E-state index < -0.39 is 0 Å². The highest BCUT2D eigenvalue weighted by atomic mass is 79.9. The first kappa shape index (κ1) is 20.4. The average molecular weight is 471 g/mol. The van der Waals surface area contributed by atoms with Gasteiger partial charge in [0.1, 0.15) is 5.52 Å². The Kier molecular flexibility index (Phi) is 6.03. The van der Waals surface area contributed by atoms with Crippen molar-refractivity contribution in [2.75, 3.05) is 29.9 Å². The van der Waals surface area contributed by atoms with Crippen LogP contribution in [0.5, 0.6) is 0 Å². The first-order valence-electron chi connectivity index (χ1n) is 9.94. The summed E-state index contributed by atoms with van der Waals surface area (Å²) < 4.78 is 6.77. The minimum atomic E-state index is -0.238. The number of para-hydroxylation sites is 2. The maximum absolute atomic E-state index is 12.5. The molecule has 8 heteroatoms. The number of benzene rings is 2. The number of oxazole rings is 1. The lowest BCUT2D eigenvalue weighted by Gasteiger charge is -2.30. The molecule has 2 amide bonds. The number of hydrogen-bond donors (Lipinski definition) is 2. The third-order valence-corrected chi connectivity index (χ3v) is 5.80. The molecule has 1 aliphatic rings. The van der Waals surface area contributed by atoms with E-state index in [9.17, 15) is 9.59 Å². The Morgan fingerprint density at radius 1 is 1.20 bits per heavy atom. The fourth-order valence-electron chi connectivity index (χ4n) is 3.60. The highest BCUT2D eigenvalue weighted by Gasteiger charge is 2.27. The van der Waals surface area contributed by atoms with Crippen LogP contribution >= 0.6 is 15.9 Å². The van der Waals surface area contributed by atoms with E-state index in [1.807, 2.05) is 49.4 Å². The summed E-state index contributed by atoms with van der Waals surface area (Å²) in [6.07, 6.45) is 1.38. The molecule has 1 aliphatic heterocycles. The van der Waals surface area contributed by atoms with Gasteiger partial charge in [0.05, 0.1) is 6.54 Å². The Bertz CT molecular complexity index is 1040. The van der Waals surface area contributed by atoms with Crippen molar-refractivity contribution in [3.63, 3.8) is 0 Å². The van der Waals surface area contributed by atoms with Gasteiger partial charge in [-0.3, -0.25) is 9.59 Å². The zero-order valence-electron chi connectivity index (χ0n) is 16.7. The molecule has 1 saturated heterocycles. The predicted octanol–water partition coefficient (Wildman–Crippen LogP) is 3.87. The Labute approximate surface area is 183 Å². The van der Waals surface area contributed by atoms with Gasteiger partial charge in [-0.25, -0.2) is 0 Å². The van der Waals surface area contributed by atoms with Crippen LogP contribution in [0, 0.1) is 12.8 Å². The maximum Gasteiger partial charge on any atom is 0.298 e. The Hall–Kier alpha value is -2.87. The van der Waals surface area contributed by atoms with Crippen LogP contribution in [-0.2, 0) is 9.59 Å². The minimum absolute atomic E-state index is 0.0420. The number of hydrogen-bond acceptors (Lipinski definition) is 5. The van der Waals surface area contributed by atoms with Crippen molar-refractivity contribution in [1.82, 2.24) is 10.3 Å². The summed E-state index contributed by atoms with van der Waals surface area (Å²) in [5.74, 6) is -0.444. The normalized spacial score (nSPS) is 14.7. The second-order valence-corrected chi connectivity index (χ2v) is 8.37. The second kappa shape index (κ2) is 8.87. The lowest BCUT2D eigenvalue weighted by molar-refractivity contribution is -0.127. The highest BCUT2D eigenvalue weighted by molar-refractivity contribution is 9.10. The molecular formula is C22H23BrN4O3. The van der Waals surface area contributed by atoms with E-state index in [0.29, 0.717) is 31.9 Å². The van der Waals surface area contributed by atoms with Crippen molar-refractivity contribution in [2.24, 2.45) is 5.92 Å². The highest BCUT2D eigenvalue weighted by Crippen LogP contribution is 2.26. The van der Waals surface area contributed by atoms with Gasteiger partial charge in [0.2, 0.25) is 11.8 Å². The number of fused-ring (bicyclic) bond motifs is 1. The van der Waals surface area contributed by atoms with Gasteiger partial charge in [0.15, 0.2) is 5.58 Å². The standard InChI is InChI=1S/C22H23BrN4O3/c1-14-12-16(23)6-7-17(14)25-20(28)13-24-21(29)15-8-10-27(11-9-15)22-26-18-4-2-3-5-19(18)30-22/h2-7,12,15H,8-11,13H2,1H3,(H,24,29)(H,25,28). The molecule has 2 heterocycles. The van der Waals surface area contributed by atoms with Gasteiger partial charge in [-0.1, -0.05) is 28.1 Å². The molecule has 7 nitrogen and oxygen atoms in total. The largest absolute Gasteiger partial charge is 0.423 e. The van der Waals surface area contributed by atoms with Crippen LogP contribution in [-0.4, -0.2) is 36.4 Å².